The molecule has 0 spiro atoms. The number of fused-ring (bicyclic) bond motifs is 1. The first-order valence-corrected chi connectivity index (χ1v) is 5.78. The smallest absolute Gasteiger partial charge is 0.266 e. The van der Waals surface area contributed by atoms with E-state index in [1.807, 2.05) is 6.07 Å². The molecule has 0 aliphatic heterocycles. The van der Waals surface area contributed by atoms with E-state index in [1.54, 1.807) is 18.2 Å². The van der Waals surface area contributed by atoms with Crippen LogP contribution in [0.4, 0.5) is 0 Å². The second-order valence-electron chi connectivity index (χ2n) is 3.54. The Morgan fingerprint density at radius 2 is 2.28 bits per heavy atom. The highest BCUT2D eigenvalue weighted by Crippen LogP contribution is 2.27. The molecule has 3 aromatic rings. The number of nitriles is 1. The molecule has 2 heterocycles. The maximum atomic E-state index is 11.5. The summed E-state index contributed by atoms with van der Waals surface area (Å²) in [7, 11) is 0. The third kappa shape index (κ3) is 1.56. The van der Waals surface area contributed by atoms with Crippen LogP contribution >= 0.6 is 11.5 Å². The van der Waals surface area contributed by atoms with Gasteiger partial charge in [-0.15, -0.1) is 5.10 Å². The van der Waals surface area contributed by atoms with Crippen molar-refractivity contribution >= 4 is 21.7 Å². The molecule has 0 amide bonds. The highest BCUT2D eigenvalue weighted by molar-refractivity contribution is 7.13. The molecule has 1 N–H and O–H groups in total. The van der Waals surface area contributed by atoms with E-state index in [9.17, 15) is 4.79 Å². The Balaban J connectivity index is 2.29. The van der Waals surface area contributed by atoms with Crippen molar-refractivity contribution in [1.82, 2.24) is 19.8 Å². The quantitative estimate of drug-likeness (QED) is 0.707. The number of aromatic amines is 1. The van der Waals surface area contributed by atoms with Gasteiger partial charge >= 0.3 is 0 Å². The van der Waals surface area contributed by atoms with E-state index in [-0.39, 0.29) is 5.56 Å². The second-order valence-corrected chi connectivity index (χ2v) is 4.32. The Labute approximate surface area is 105 Å². The number of nitrogens with one attached hydrogen (secondary N) is 1. The molecule has 0 saturated carbocycles. The van der Waals surface area contributed by atoms with Gasteiger partial charge in [0.15, 0.2) is 0 Å². The minimum Gasteiger partial charge on any atom is -0.266 e. The Bertz CT molecular complexity index is 829. The van der Waals surface area contributed by atoms with Gasteiger partial charge in [-0.25, -0.2) is 5.10 Å². The summed E-state index contributed by atoms with van der Waals surface area (Å²) in [6.07, 6.45) is 0. The average Bonchev–Trinajstić information content (AvgIpc) is 2.84. The molecule has 0 bridgehead atoms. The van der Waals surface area contributed by atoms with E-state index in [1.165, 1.54) is 0 Å². The molecule has 0 aliphatic rings. The van der Waals surface area contributed by atoms with Gasteiger partial charge in [0.1, 0.15) is 15.9 Å². The van der Waals surface area contributed by atoms with Gasteiger partial charge in [0.2, 0.25) is 0 Å². The zero-order valence-electron chi connectivity index (χ0n) is 8.91. The summed E-state index contributed by atoms with van der Waals surface area (Å²) in [5.41, 5.74) is 2.01. The number of hydrogen-bond donors (Lipinski definition) is 1. The van der Waals surface area contributed by atoms with Crippen molar-refractivity contribution in [1.29, 1.82) is 5.26 Å². The number of H-pyrrole nitrogens is 1. The van der Waals surface area contributed by atoms with Crippen LogP contribution in [-0.4, -0.2) is 19.8 Å². The summed E-state index contributed by atoms with van der Waals surface area (Å²) in [6.45, 7) is 0. The molecule has 2 aromatic heterocycles. The van der Waals surface area contributed by atoms with E-state index in [0.717, 1.165) is 17.1 Å². The first-order valence-electron chi connectivity index (χ1n) is 5.01. The van der Waals surface area contributed by atoms with Crippen molar-refractivity contribution in [3.63, 3.8) is 0 Å². The lowest BCUT2D eigenvalue weighted by atomic mass is 10.1. The zero-order valence-corrected chi connectivity index (χ0v) is 9.73. The van der Waals surface area contributed by atoms with Crippen molar-refractivity contribution in [3.05, 3.63) is 40.2 Å². The third-order valence-corrected chi connectivity index (χ3v) is 3.28. The fraction of sp³-hybridized carbons (Fsp3) is 0. The third-order valence-electron chi connectivity index (χ3n) is 2.44. The molecule has 7 heteroatoms. The normalized spacial score (nSPS) is 10.4. The molecule has 6 nitrogen and oxygen atoms in total. The molecule has 0 fully saturated rings. The van der Waals surface area contributed by atoms with Crippen LogP contribution in [0.25, 0.3) is 21.5 Å². The molecule has 18 heavy (non-hydrogen) atoms. The van der Waals surface area contributed by atoms with Crippen LogP contribution in [0.5, 0.6) is 0 Å². The Kier molecular flexibility index (Phi) is 2.35. The zero-order chi connectivity index (χ0) is 12.5. The summed E-state index contributed by atoms with van der Waals surface area (Å²) in [5.74, 6) is 0. The summed E-state index contributed by atoms with van der Waals surface area (Å²) >= 11 is 1.07. The second kappa shape index (κ2) is 4.01. The Hall–Kier alpha value is -2.59. The van der Waals surface area contributed by atoms with Crippen molar-refractivity contribution in [2.75, 3.05) is 0 Å². The maximum Gasteiger partial charge on any atom is 0.286 e. The van der Waals surface area contributed by atoms with Gasteiger partial charge in [-0.05, 0) is 23.7 Å². The highest BCUT2D eigenvalue weighted by Gasteiger charge is 2.13. The lowest BCUT2D eigenvalue weighted by Gasteiger charge is -1.97. The van der Waals surface area contributed by atoms with Crippen LogP contribution < -0.4 is 5.56 Å². The summed E-state index contributed by atoms with van der Waals surface area (Å²) in [4.78, 5) is 11.5. The van der Waals surface area contributed by atoms with E-state index in [2.05, 4.69) is 25.9 Å². The summed E-state index contributed by atoms with van der Waals surface area (Å²) in [6, 6.07) is 9.05. The molecule has 0 saturated heterocycles. The molecule has 0 radical (unpaired) electrons. The molecule has 1 aromatic carbocycles. The first-order chi connectivity index (χ1) is 8.79. The molecule has 0 unspecified atom stereocenters. The minimum absolute atomic E-state index is 0.305. The predicted octanol–water partition coefficient (Wildman–Crippen LogP) is 1.31. The monoisotopic (exact) mass is 255 g/mol. The molecular weight excluding hydrogens is 250 g/mol. The van der Waals surface area contributed by atoms with Gasteiger partial charge in [-0.1, -0.05) is 17.3 Å². The molecule has 86 valence electrons. The number of benzene rings is 1. The fourth-order valence-corrected chi connectivity index (χ4v) is 2.35. The minimum atomic E-state index is -0.305. The van der Waals surface area contributed by atoms with Crippen molar-refractivity contribution in [2.24, 2.45) is 0 Å². The van der Waals surface area contributed by atoms with E-state index < -0.39 is 0 Å². The van der Waals surface area contributed by atoms with Gasteiger partial charge in [-0.2, -0.15) is 9.64 Å². The maximum absolute atomic E-state index is 11.5. The van der Waals surface area contributed by atoms with Crippen LogP contribution in [-0.2, 0) is 0 Å². The Morgan fingerprint density at radius 1 is 1.39 bits per heavy atom. The Morgan fingerprint density at radius 3 is 3.11 bits per heavy atom. The van der Waals surface area contributed by atoms with Crippen LogP contribution in [0.15, 0.2) is 29.1 Å². The van der Waals surface area contributed by atoms with Crippen LogP contribution in [0, 0.1) is 11.3 Å². The molecular formula is C11H5N5OS. The molecule has 0 atom stereocenters. The topological polar surface area (TPSA) is 95.3 Å². The van der Waals surface area contributed by atoms with E-state index in [4.69, 9.17) is 5.26 Å². The standard InChI is InChI=1S/C11H5N5OS/c12-5-6-2-1-3-7(4-6)8-9-10(18-15-8)11(17)14-16-13-9/h1-4H,(H,13,14,17). The highest BCUT2D eigenvalue weighted by atomic mass is 32.1. The number of rotatable bonds is 1. The lowest BCUT2D eigenvalue weighted by molar-refractivity contribution is 0.875. The largest absolute Gasteiger partial charge is 0.286 e. The predicted molar refractivity (Wildman–Crippen MR) is 66.0 cm³/mol. The molecule has 3 rings (SSSR count). The van der Waals surface area contributed by atoms with E-state index in [0.29, 0.717) is 21.5 Å². The first kappa shape index (κ1) is 10.6. The van der Waals surface area contributed by atoms with Crippen LogP contribution in [0.2, 0.25) is 0 Å². The number of nitrogens with zero attached hydrogens (tertiary/aromatic N) is 4. The summed E-state index contributed by atoms with van der Waals surface area (Å²) < 4.78 is 4.64. The van der Waals surface area contributed by atoms with Crippen LogP contribution in [0.1, 0.15) is 5.56 Å². The van der Waals surface area contributed by atoms with E-state index >= 15 is 0 Å². The molecule has 0 aliphatic carbocycles. The number of aromatic nitrogens is 4. The van der Waals surface area contributed by atoms with Crippen molar-refractivity contribution in [2.45, 2.75) is 0 Å². The summed E-state index contributed by atoms with van der Waals surface area (Å²) in [5, 5.41) is 18.6. The average molecular weight is 255 g/mol. The van der Waals surface area contributed by atoms with Crippen molar-refractivity contribution in [3.8, 4) is 17.3 Å². The fourth-order valence-electron chi connectivity index (χ4n) is 1.62. The number of hydrogen-bond acceptors (Lipinski definition) is 6. The van der Waals surface area contributed by atoms with Gasteiger partial charge < -0.3 is 0 Å². The van der Waals surface area contributed by atoms with Crippen molar-refractivity contribution < 1.29 is 0 Å². The van der Waals surface area contributed by atoms with Gasteiger partial charge in [0.25, 0.3) is 5.56 Å². The lowest BCUT2D eigenvalue weighted by Crippen LogP contribution is -2.07. The SMILES string of the molecule is N#Cc1cccc(-c2nsc3c(=O)[nH]nnc23)c1. The van der Waals surface area contributed by atoms with Gasteiger partial charge in [-0.3, -0.25) is 4.79 Å². The van der Waals surface area contributed by atoms with Gasteiger partial charge in [0, 0.05) is 5.56 Å². The van der Waals surface area contributed by atoms with Crippen LogP contribution in [0.3, 0.4) is 0 Å². The van der Waals surface area contributed by atoms with Gasteiger partial charge in [0.05, 0.1) is 11.6 Å².